The average molecular weight is 500 g/mol. The maximum atomic E-state index is 13.2. The lowest BCUT2D eigenvalue weighted by Crippen LogP contribution is -2.46. The van der Waals surface area contributed by atoms with Gasteiger partial charge in [-0.25, -0.2) is 8.42 Å². The largest absolute Gasteiger partial charge is 0.357 e. The van der Waals surface area contributed by atoms with Crippen molar-refractivity contribution in [2.24, 2.45) is 0 Å². The van der Waals surface area contributed by atoms with Gasteiger partial charge in [0.25, 0.3) is 10.0 Å². The number of rotatable bonds is 8. The van der Waals surface area contributed by atoms with E-state index in [1.54, 1.807) is 37.3 Å². The van der Waals surface area contributed by atoms with Crippen molar-refractivity contribution in [2.75, 3.05) is 17.9 Å². The molecule has 0 spiro atoms. The standard InChI is InChI=1S/C25H26ClN3O4S/c1-17(25(31)27-2)28(16-19-8-3-4-11-20(19)26)23(30)14-7-15-29-21-12-5-9-18-10-6-13-22(24(18)21)34(29,32)33/h3-6,8-13,17H,7,14-16H2,1-2H3,(H,27,31). The molecule has 0 bridgehead atoms. The highest BCUT2D eigenvalue weighted by molar-refractivity contribution is 7.93. The Morgan fingerprint density at radius 3 is 2.47 bits per heavy atom. The summed E-state index contributed by atoms with van der Waals surface area (Å²) in [5.74, 6) is -0.534. The van der Waals surface area contributed by atoms with E-state index in [0.29, 0.717) is 27.4 Å². The fourth-order valence-electron chi connectivity index (χ4n) is 4.32. The number of benzene rings is 3. The van der Waals surface area contributed by atoms with Crippen LogP contribution in [0.2, 0.25) is 5.02 Å². The predicted molar refractivity (Wildman–Crippen MR) is 133 cm³/mol. The first kappa shape index (κ1) is 24.0. The van der Waals surface area contributed by atoms with Crippen molar-refractivity contribution in [2.45, 2.75) is 37.2 Å². The molecule has 2 amide bonds. The molecule has 1 aliphatic rings. The predicted octanol–water partition coefficient (Wildman–Crippen LogP) is 3.95. The van der Waals surface area contributed by atoms with E-state index < -0.39 is 16.1 Å². The van der Waals surface area contributed by atoms with E-state index in [-0.39, 0.29) is 31.3 Å². The molecule has 1 atom stereocenters. The maximum Gasteiger partial charge on any atom is 0.265 e. The molecule has 34 heavy (non-hydrogen) atoms. The molecule has 1 unspecified atom stereocenters. The molecule has 4 rings (SSSR count). The number of amides is 2. The molecule has 0 saturated carbocycles. The number of likely N-dealkylation sites (N-methyl/N-ethyl adjacent to an activating group) is 1. The molecule has 0 aromatic heterocycles. The highest BCUT2D eigenvalue weighted by Gasteiger charge is 2.35. The van der Waals surface area contributed by atoms with Gasteiger partial charge in [-0.2, -0.15) is 0 Å². The zero-order valence-corrected chi connectivity index (χ0v) is 20.6. The van der Waals surface area contributed by atoms with Crippen LogP contribution in [-0.4, -0.2) is 44.8 Å². The third kappa shape index (κ3) is 4.35. The highest BCUT2D eigenvalue weighted by atomic mass is 35.5. The van der Waals surface area contributed by atoms with Crippen LogP contribution in [0.15, 0.2) is 65.6 Å². The molecule has 1 heterocycles. The zero-order chi connectivity index (χ0) is 24.5. The molecule has 3 aromatic rings. The molecule has 0 aliphatic carbocycles. The minimum Gasteiger partial charge on any atom is -0.357 e. The molecule has 7 nitrogen and oxygen atoms in total. The minimum atomic E-state index is -3.68. The van der Waals surface area contributed by atoms with Gasteiger partial charge in [0.1, 0.15) is 6.04 Å². The Balaban J connectivity index is 1.51. The summed E-state index contributed by atoms with van der Waals surface area (Å²) < 4.78 is 27.7. The lowest BCUT2D eigenvalue weighted by atomic mass is 10.1. The monoisotopic (exact) mass is 499 g/mol. The van der Waals surface area contributed by atoms with E-state index in [1.165, 1.54) is 16.3 Å². The Hall–Kier alpha value is -3.10. The summed E-state index contributed by atoms with van der Waals surface area (Å²) in [5.41, 5.74) is 1.37. The van der Waals surface area contributed by atoms with E-state index in [0.717, 1.165) is 10.9 Å². The Bertz CT molecular complexity index is 1350. The normalized spacial score (nSPS) is 14.7. The first-order chi connectivity index (χ1) is 16.3. The van der Waals surface area contributed by atoms with Crippen molar-refractivity contribution >= 4 is 49.9 Å². The molecule has 178 valence electrons. The van der Waals surface area contributed by atoms with Crippen molar-refractivity contribution < 1.29 is 18.0 Å². The number of hydrogen-bond donors (Lipinski definition) is 1. The number of nitrogens with zero attached hydrogens (tertiary/aromatic N) is 2. The molecule has 9 heteroatoms. The molecular formula is C25H26ClN3O4S. The van der Waals surface area contributed by atoms with Gasteiger partial charge in [0.05, 0.1) is 10.6 Å². The molecule has 0 radical (unpaired) electrons. The van der Waals surface area contributed by atoms with E-state index >= 15 is 0 Å². The summed E-state index contributed by atoms with van der Waals surface area (Å²) in [4.78, 5) is 27.3. The van der Waals surface area contributed by atoms with Crippen molar-refractivity contribution in [3.05, 3.63) is 71.2 Å². The topological polar surface area (TPSA) is 86.8 Å². The average Bonchev–Trinajstić information content (AvgIpc) is 3.05. The highest BCUT2D eigenvalue weighted by Crippen LogP contribution is 2.42. The van der Waals surface area contributed by atoms with Crippen LogP contribution in [0, 0.1) is 0 Å². The summed E-state index contributed by atoms with van der Waals surface area (Å²) in [6.45, 7) is 2.01. The number of nitrogens with one attached hydrogen (secondary N) is 1. The third-order valence-electron chi connectivity index (χ3n) is 6.15. The maximum absolute atomic E-state index is 13.2. The van der Waals surface area contributed by atoms with Gasteiger partial charge in [-0.05, 0) is 42.5 Å². The number of carbonyl (C=O) groups is 2. The summed E-state index contributed by atoms with van der Waals surface area (Å²) in [6, 6.07) is 17.2. The van der Waals surface area contributed by atoms with Crippen LogP contribution in [0.25, 0.3) is 10.8 Å². The quantitative estimate of drug-likeness (QED) is 0.508. The van der Waals surface area contributed by atoms with Crippen molar-refractivity contribution in [1.82, 2.24) is 10.2 Å². The van der Waals surface area contributed by atoms with E-state index in [2.05, 4.69) is 5.32 Å². The molecule has 0 fully saturated rings. The molecule has 1 aliphatic heterocycles. The second kappa shape index (κ2) is 9.64. The van der Waals surface area contributed by atoms with Gasteiger partial charge in [-0.3, -0.25) is 13.9 Å². The summed E-state index contributed by atoms with van der Waals surface area (Å²) in [5, 5.41) is 4.67. The lowest BCUT2D eigenvalue weighted by molar-refractivity contribution is -0.140. The van der Waals surface area contributed by atoms with Gasteiger partial charge < -0.3 is 10.2 Å². The molecule has 0 saturated heterocycles. The van der Waals surface area contributed by atoms with Crippen LogP contribution >= 0.6 is 11.6 Å². The number of hydrogen-bond acceptors (Lipinski definition) is 4. The first-order valence-electron chi connectivity index (χ1n) is 11.0. The summed E-state index contributed by atoms with van der Waals surface area (Å²) in [7, 11) is -2.16. The van der Waals surface area contributed by atoms with E-state index in [1.807, 2.05) is 30.3 Å². The van der Waals surface area contributed by atoms with Crippen LogP contribution in [0.1, 0.15) is 25.3 Å². The van der Waals surface area contributed by atoms with Gasteiger partial charge in [-0.15, -0.1) is 0 Å². The van der Waals surface area contributed by atoms with Gasteiger partial charge in [0, 0.05) is 37.0 Å². The fraction of sp³-hybridized carbons (Fsp3) is 0.280. The van der Waals surface area contributed by atoms with Crippen LogP contribution < -0.4 is 9.62 Å². The van der Waals surface area contributed by atoms with E-state index in [9.17, 15) is 18.0 Å². The van der Waals surface area contributed by atoms with Crippen LogP contribution in [0.5, 0.6) is 0 Å². The summed E-state index contributed by atoms with van der Waals surface area (Å²) >= 11 is 6.28. The molecule has 1 N–H and O–H groups in total. The second-order valence-corrected chi connectivity index (χ2v) is 10.5. The number of sulfonamides is 1. The van der Waals surface area contributed by atoms with Crippen molar-refractivity contribution in [3.8, 4) is 0 Å². The zero-order valence-electron chi connectivity index (χ0n) is 19.0. The number of carbonyl (C=O) groups excluding carboxylic acids is 2. The Morgan fingerprint density at radius 2 is 1.76 bits per heavy atom. The van der Waals surface area contributed by atoms with Crippen LogP contribution in [0.4, 0.5) is 5.69 Å². The number of halogens is 1. The Labute approximate surface area is 204 Å². The SMILES string of the molecule is CNC(=O)C(C)N(Cc1ccccc1Cl)C(=O)CCCN1c2cccc3cccc(c23)S1(=O)=O. The number of anilines is 1. The molecular weight excluding hydrogens is 474 g/mol. The van der Waals surface area contributed by atoms with Crippen LogP contribution in [-0.2, 0) is 26.2 Å². The Morgan fingerprint density at radius 1 is 1.06 bits per heavy atom. The van der Waals surface area contributed by atoms with Gasteiger partial charge in [-0.1, -0.05) is 54.1 Å². The summed E-state index contributed by atoms with van der Waals surface area (Å²) in [6.07, 6.45) is 0.395. The Kier molecular flexibility index (Phi) is 6.81. The smallest absolute Gasteiger partial charge is 0.265 e. The fourth-order valence-corrected chi connectivity index (χ4v) is 6.26. The van der Waals surface area contributed by atoms with Crippen LogP contribution in [0.3, 0.4) is 0 Å². The van der Waals surface area contributed by atoms with Gasteiger partial charge in [0.15, 0.2) is 0 Å². The lowest BCUT2D eigenvalue weighted by Gasteiger charge is -2.29. The second-order valence-electron chi connectivity index (χ2n) is 8.22. The van der Waals surface area contributed by atoms with E-state index in [4.69, 9.17) is 11.6 Å². The first-order valence-corrected chi connectivity index (χ1v) is 12.9. The van der Waals surface area contributed by atoms with Gasteiger partial charge in [0.2, 0.25) is 11.8 Å². The van der Waals surface area contributed by atoms with Gasteiger partial charge >= 0.3 is 0 Å². The molecule has 3 aromatic carbocycles. The third-order valence-corrected chi connectivity index (χ3v) is 8.37. The minimum absolute atomic E-state index is 0.0874. The van der Waals surface area contributed by atoms with Crippen molar-refractivity contribution in [3.63, 3.8) is 0 Å². The van der Waals surface area contributed by atoms with Crippen molar-refractivity contribution in [1.29, 1.82) is 0 Å².